The molecule has 1 atom stereocenters. The molecule has 0 radical (unpaired) electrons. The molecule has 2 aromatic carbocycles. The van der Waals surface area contributed by atoms with Gasteiger partial charge in [0.15, 0.2) is 5.01 Å². The van der Waals surface area contributed by atoms with E-state index in [1.165, 1.54) is 30.6 Å². The maximum atomic E-state index is 13.3. The molecule has 3 rings (SSSR count). The second-order valence-corrected chi connectivity index (χ2v) is 6.63. The third kappa shape index (κ3) is 5.01. The lowest BCUT2D eigenvalue weighted by Gasteiger charge is -2.11. The average molecular weight is 388 g/mol. The highest BCUT2D eigenvalue weighted by Gasteiger charge is 2.14. The van der Waals surface area contributed by atoms with E-state index in [-0.39, 0.29) is 24.3 Å². The zero-order chi connectivity index (χ0) is 19.2. The van der Waals surface area contributed by atoms with Crippen LogP contribution in [0.15, 0.2) is 48.5 Å². The van der Waals surface area contributed by atoms with Gasteiger partial charge in [-0.1, -0.05) is 28.6 Å². The lowest BCUT2D eigenvalue weighted by Crippen LogP contribution is -2.19. The number of carbonyl (C=O) groups excluding carboxylic acids is 1. The van der Waals surface area contributed by atoms with E-state index in [2.05, 4.69) is 14.9 Å². The smallest absolute Gasteiger partial charge is 0.311 e. The van der Waals surface area contributed by atoms with Gasteiger partial charge in [0.25, 0.3) is 5.19 Å². The monoisotopic (exact) mass is 388 g/mol. The summed E-state index contributed by atoms with van der Waals surface area (Å²) in [6.07, 6.45) is 0. The minimum atomic E-state index is -0.353. The van der Waals surface area contributed by atoms with Gasteiger partial charge in [-0.15, -0.1) is 5.10 Å². The molecule has 0 N–H and O–H groups in total. The van der Waals surface area contributed by atoms with Crippen molar-refractivity contribution in [1.82, 2.24) is 10.2 Å². The fourth-order valence-corrected chi connectivity index (χ4v) is 2.90. The maximum Gasteiger partial charge on any atom is 0.311 e. The van der Waals surface area contributed by atoms with Crippen LogP contribution in [0.1, 0.15) is 6.92 Å². The molecule has 0 bridgehead atoms. The van der Waals surface area contributed by atoms with Crippen LogP contribution in [0.2, 0.25) is 0 Å². The Morgan fingerprint density at radius 1 is 1.15 bits per heavy atom. The minimum Gasteiger partial charge on any atom is -0.493 e. The van der Waals surface area contributed by atoms with Gasteiger partial charge in [-0.2, -0.15) is 0 Å². The number of carbonyl (C=O) groups is 1. The van der Waals surface area contributed by atoms with Crippen molar-refractivity contribution in [3.63, 3.8) is 0 Å². The Kier molecular flexibility index (Phi) is 5.97. The number of aromatic nitrogens is 2. The van der Waals surface area contributed by atoms with Gasteiger partial charge in [-0.3, -0.25) is 4.79 Å². The molecule has 140 valence electrons. The van der Waals surface area contributed by atoms with Gasteiger partial charge >= 0.3 is 5.97 Å². The zero-order valence-corrected chi connectivity index (χ0v) is 15.5. The summed E-state index contributed by atoms with van der Waals surface area (Å²) in [5.74, 6) is 0.164. The molecule has 0 amide bonds. The highest BCUT2D eigenvalue weighted by Crippen LogP contribution is 2.31. The molecule has 1 heterocycles. The number of hydrogen-bond donors (Lipinski definition) is 0. The fraction of sp³-hybridized carbons (Fsp3) is 0.211. The van der Waals surface area contributed by atoms with E-state index in [1.807, 2.05) is 0 Å². The van der Waals surface area contributed by atoms with Crippen LogP contribution in [0.5, 0.6) is 16.7 Å². The predicted octanol–water partition coefficient (Wildman–Crippen LogP) is 4.32. The quantitative estimate of drug-likeness (QED) is 0.561. The largest absolute Gasteiger partial charge is 0.493 e. The molecule has 0 spiro atoms. The highest BCUT2D eigenvalue weighted by atomic mass is 32.1. The molecule has 1 aromatic heterocycles. The Morgan fingerprint density at radius 3 is 2.59 bits per heavy atom. The minimum absolute atomic E-state index is 0.222. The number of nitrogens with zero attached hydrogens (tertiary/aromatic N) is 2. The third-order valence-electron chi connectivity index (χ3n) is 3.61. The topological polar surface area (TPSA) is 70.5 Å². The van der Waals surface area contributed by atoms with Crippen molar-refractivity contribution in [2.45, 2.75) is 6.92 Å². The summed E-state index contributed by atoms with van der Waals surface area (Å²) in [4.78, 5) is 11.4. The maximum absolute atomic E-state index is 13.3. The molecule has 0 saturated carbocycles. The normalized spacial score (nSPS) is 11.7. The molecule has 0 aliphatic rings. The van der Waals surface area contributed by atoms with E-state index in [1.54, 1.807) is 43.3 Å². The van der Waals surface area contributed by atoms with Gasteiger partial charge in [0.1, 0.15) is 23.9 Å². The van der Waals surface area contributed by atoms with Crippen LogP contribution in [0.4, 0.5) is 4.39 Å². The lowest BCUT2D eigenvalue weighted by atomic mass is 10.2. The molecule has 27 heavy (non-hydrogen) atoms. The number of ether oxygens (including phenoxy) is 3. The van der Waals surface area contributed by atoms with Gasteiger partial charge in [0.2, 0.25) is 0 Å². The van der Waals surface area contributed by atoms with Crippen LogP contribution >= 0.6 is 11.3 Å². The first-order chi connectivity index (χ1) is 13.0. The van der Waals surface area contributed by atoms with Crippen LogP contribution in [0.25, 0.3) is 10.6 Å². The number of rotatable bonds is 7. The average Bonchev–Trinajstić information content (AvgIpc) is 3.15. The summed E-state index contributed by atoms with van der Waals surface area (Å²) >= 11 is 1.22. The molecule has 8 heteroatoms. The summed E-state index contributed by atoms with van der Waals surface area (Å²) in [5, 5.41) is 8.91. The van der Waals surface area contributed by atoms with Crippen LogP contribution in [-0.4, -0.2) is 29.9 Å². The first-order valence-electron chi connectivity index (χ1n) is 8.13. The van der Waals surface area contributed by atoms with Crippen molar-refractivity contribution in [2.75, 3.05) is 13.7 Å². The number of methoxy groups -OCH3 is 1. The van der Waals surface area contributed by atoms with Crippen LogP contribution in [0, 0.1) is 11.7 Å². The third-order valence-corrected chi connectivity index (χ3v) is 4.46. The van der Waals surface area contributed by atoms with Gasteiger partial charge in [0.05, 0.1) is 13.0 Å². The van der Waals surface area contributed by atoms with Gasteiger partial charge in [0, 0.05) is 5.56 Å². The van der Waals surface area contributed by atoms with Crippen molar-refractivity contribution in [2.24, 2.45) is 5.92 Å². The molecule has 0 fully saturated rings. The van der Waals surface area contributed by atoms with Crippen molar-refractivity contribution in [3.8, 4) is 27.3 Å². The molecule has 0 aliphatic carbocycles. The molecule has 1 unspecified atom stereocenters. The Hall–Kier alpha value is -3.00. The van der Waals surface area contributed by atoms with E-state index in [0.717, 1.165) is 0 Å². The van der Waals surface area contributed by atoms with Gasteiger partial charge in [-0.05, 0) is 43.3 Å². The fourth-order valence-electron chi connectivity index (χ4n) is 2.18. The van der Waals surface area contributed by atoms with Crippen molar-refractivity contribution in [1.29, 1.82) is 0 Å². The van der Waals surface area contributed by atoms with Gasteiger partial charge < -0.3 is 14.2 Å². The zero-order valence-electron chi connectivity index (χ0n) is 14.7. The Bertz CT molecular complexity index is 914. The number of halogens is 1. The van der Waals surface area contributed by atoms with Crippen molar-refractivity contribution in [3.05, 3.63) is 54.3 Å². The number of benzene rings is 2. The summed E-state index contributed by atoms with van der Waals surface area (Å²) in [5.41, 5.74) is 0.644. The van der Waals surface area contributed by atoms with Crippen LogP contribution in [-0.2, 0) is 9.53 Å². The second kappa shape index (κ2) is 8.59. The Labute approximate surface area is 159 Å². The molecular weight excluding hydrogens is 371 g/mol. The molecule has 0 aliphatic heterocycles. The SMILES string of the molecule is COC(=O)C(C)COc1ccc(Oc2nnc(-c3cccc(F)c3)s2)cc1. The second-order valence-electron chi connectivity index (χ2n) is 5.69. The van der Waals surface area contributed by atoms with E-state index in [9.17, 15) is 9.18 Å². The standard InChI is InChI=1S/C19H17FN2O4S/c1-12(18(23)24-2)11-25-15-6-8-16(9-7-15)26-19-22-21-17(27-19)13-4-3-5-14(20)10-13/h3-10,12H,11H2,1-2H3. The lowest BCUT2D eigenvalue weighted by molar-refractivity contribution is -0.145. The van der Waals surface area contributed by atoms with Gasteiger partial charge in [-0.25, -0.2) is 4.39 Å². The summed E-state index contributed by atoms with van der Waals surface area (Å²) in [7, 11) is 1.35. The summed E-state index contributed by atoms with van der Waals surface area (Å²) < 4.78 is 29.2. The van der Waals surface area contributed by atoms with E-state index >= 15 is 0 Å². The summed E-state index contributed by atoms with van der Waals surface area (Å²) in [6.45, 7) is 1.95. The number of esters is 1. The Morgan fingerprint density at radius 2 is 1.89 bits per heavy atom. The molecule has 3 aromatic rings. The summed E-state index contributed by atoms with van der Waals surface area (Å²) in [6, 6.07) is 13.1. The van der Waals surface area contributed by atoms with Crippen LogP contribution in [0.3, 0.4) is 0 Å². The van der Waals surface area contributed by atoms with Crippen LogP contribution < -0.4 is 9.47 Å². The van der Waals surface area contributed by atoms with Crippen molar-refractivity contribution < 1.29 is 23.4 Å². The first-order valence-corrected chi connectivity index (χ1v) is 8.95. The Balaban J connectivity index is 1.59. The van der Waals surface area contributed by atoms with Crippen molar-refractivity contribution >= 4 is 17.3 Å². The number of hydrogen-bond acceptors (Lipinski definition) is 7. The highest BCUT2D eigenvalue weighted by molar-refractivity contribution is 7.16. The van der Waals surface area contributed by atoms with E-state index in [0.29, 0.717) is 27.3 Å². The molecule has 0 saturated heterocycles. The molecule has 6 nitrogen and oxygen atoms in total. The molecular formula is C19H17FN2O4S. The van der Waals surface area contributed by atoms with E-state index in [4.69, 9.17) is 9.47 Å². The van der Waals surface area contributed by atoms with E-state index < -0.39 is 0 Å². The first kappa shape index (κ1) is 18.8. The predicted molar refractivity (Wildman–Crippen MR) is 98.5 cm³/mol.